The Kier molecular flexibility index (Phi) is 6.37. The van der Waals surface area contributed by atoms with E-state index in [9.17, 15) is 9.18 Å². The van der Waals surface area contributed by atoms with Crippen molar-refractivity contribution >= 4 is 11.6 Å². The number of rotatable bonds is 6. The monoisotopic (exact) mass is 434 g/mol. The van der Waals surface area contributed by atoms with Crippen LogP contribution in [0.1, 0.15) is 24.3 Å². The number of nitrogens with two attached hydrogens (primary N) is 1. The Bertz CT molecular complexity index is 1080. The number of nitrogens with zero attached hydrogens (tertiary/aromatic N) is 3. The van der Waals surface area contributed by atoms with Crippen molar-refractivity contribution in [2.24, 2.45) is 5.73 Å². The molecule has 7 heteroatoms. The first-order valence-corrected chi connectivity index (χ1v) is 10.7. The van der Waals surface area contributed by atoms with Crippen molar-refractivity contribution in [3.8, 4) is 22.8 Å². The third-order valence-corrected chi connectivity index (χ3v) is 5.67. The van der Waals surface area contributed by atoms with Gasteiger partial charge in [0.05, 0.1) is 5.69 Å². The highest BCUT2D eigenvalue weighted by atomic mass is 19.1. The molecule has 2 heterocycles. The summed E-state index contributed by atoms with van der Waals surface area (Å²) in [5.41, 5.74) is 8.28. The zero-order valence-electron chi connectivity index (χ0n) is 18.3. The third-order valence-electron chi connectivity index (χ3n) is 5.67. The number of carbonyl (C=O) groups is 1. The van der Waals surface area contributed by atoms with Crippen LogP contribution in [0.15, 0.2) is 60.7 Å². The van der Waals surface area contributed by atoms with E-state index < -0.39 is 5.91 Å². The average Bonchev–Trinajstić information content (AvgIpc) is 2.81. The van der Waals surface area contributed by atoms with Gasteiger partial charge in [-0.2, -0.15) is 0 Å². The van der Waals surface area contributed by atoms with E-state index in [0.717, 1.165) is 37.4 Å². The highest BCUT2D eigenvalue weighted by Crippen LogP contribution is 2.28. The highest BCUT2D eigenvalue weighted by molar-refractivity contribution is 5.92. The molecule has 4 rings (SSSR count). The van der Waals surface area contributed by atoms with Gasteiger partial charge in [-0.3, -0.25) is 9.69 Å². The zero-order valence-corrected chi connectivity index (χ0v) is 18.3. The predicted octanol–water partition coefficient (Wildman–Crippen LogP) is 4.31. The molecule has 0 saturated carbocycles. The fraction of sp³-hybridized carbons (Fsp3) is 0.280. The molecular weight excluding hydrogens is 407 g/mol. The maximum Gasteiger partial charge on any atom is 0.267 e. The fourth-order valence-corrected chi connectivity index (χ4v) is 3.80. The number of ether oxygens (including phenoxy) is 1. The van der Waals surface area contributed by atoms with E-state index in [-0.39, 0.29) is 11.5 Å². The Morgan fingerprint density at radius 2 is 1.56 bits per heavy atom. The summed E-state index contributed by atoms with van der Waals surface area (Å²) in [5.74, 6) is 0.312. The van der Waals surface area contributed by atoms with Gasteiger partial charge in [0.2, 0.25) is 0 Å². The SMILES string of the molecule is CC(C)N1CCN(c2cc(C(N)=O)nc(-c3ccc(Oc4ccc(F)cc4)cc3)c2)CC1. The van der Waals surface area contributed by atoms with E-state index in [1.165, 1.54) is 12.1 Å². The molecule has 0 spiro atoms. The van der Waals surface area contributed by atoms with Crippen molar-refractivity contribution in [2.45, 2.75) is 19.9 Å². The standard InChI is InChI=1S/C25H27FN4O2/c1-17(2)29-11-13-30(14-12-29)20-15-23(28-24(16-20)25(27)31)18-3-7-21(8-4-18)32-22-9-5-19(26)6-10-22/h3-10,15-17H,11-14H2,1-2H3,(H2,27,31). The number of halogens is 1. The van der Waals surface area contributed by atoms with Gasteiger partial charge in [-0.1, -0.05) is 0 Å². The molecule has 1 amide bonds. The average molecular weight is 435 g/mol. The van der Waals surface area contributed by atoms with Crippen LogP contribution < -0.4 is 15.4 Å². The number of pyridine rings is 1. The van der Waals surface area contributed by atoms with Crippen LogP contribution in [0, 0.1) is 5.82 Å². The summed E-state index contributed by atoms with van der Waals surface area (Å²) in [4.78, 5) is 21.1. The van der Waals surface area contributed by atoms with Crippen LogP contribution in [0.5, 0.6) is 11.5 Å². The molecule has 1 saturated heterocycles. The molecule has 0 radical (unpaired) electrons. The van der Waals surface area contributed by atoms with Gasteiger partial charge in [-0.05, 0) is 74.5 Å². The lowest BCUT2D eigenvalue weighted by molar-refractivity contribution is 0.0995. The van der Waals surface area contributed by atoms with Crippen LogP contribution in [-0.4, -0.2) is 48.0 Å². The number of benzene rings is 2. The maximum atomic E-state index is 13.1. The molecule has 0 aliphatic carbocycles. The number of carbonyl (C=O) groups excluding carboxylic acids is 1. The fourth-order valence-electron chi connectivity index (χ4n) is 3.80. The number of anilines is 1. The van der Waals surface area contributed by atoms with Crippen molar-refractivity contribution in [2.75, 3.05) is 31.1 Å². The minimum absolute atomic E-state index is 0.246. The molecule has 2 N–H and O–H groups in total. The first-order chi connectivity index (χ1) is 15.4. The zero-order chi connectivity index (χ0) is 22.7. The van der Waals surface area contributed by atoms with Gasteiger partial charge in [-0.25, -0.2) is 9.37 Å². The summed E-state index contributed by atoms with van der Waals surface area (Å²) in [6.07, 6.45) is 0. The van der Waals surface area contributed by atoms with Gasteiger partial charge in [0.1, 0.15) is 23.0 Å². The first kappa shape index (κ1) is 21.8. The van der Waals surface area contributed by atoms with E-state index >= 15 is 0 Å². The summed E-state index contributed by atoms with van der Waals surface area (Å²) in [6.45, 7) is 8.10. The van der Waals surface area contributed by atoms with E-state index in [0.29, 0.717) is 23.2 Å². The largest absolute Gasteiger partial charge is 0.457 e. The molecule has 1 fully saturated rings. The number of hydrogen-bond acceptors (Lipinski definition) is 5. The second-order valence-corrected chi connectivity index (χ2v) is 8.16. The van der Waals surface area contributed by atoms with Crippen LogP contribution in [0.25, 0.3) is 11.3 Å². The second-order valence-electron chi connectivity index (χ2n) is 8.16. The molecule has 166 valence electrons. The van der Waals surface area contributed by atoms with E-state index in [1.807, 2.05) is 30.3 Å². The lowest BCUT2D eigenvalue weighted by Crippen LogP contribution is -2.49. The number of hydrogen-bond donors (Lipinski definition) is 1. The van der Waals surface area contributed by atoms with Gasteiger partial charge >= 0.3 is 0 Å². The van der Waals surface area contributed by atoms with Crippen LogP contribution in [0.2, 0.25) is 0 Å². The van der Waals surface area contributed by atoms with E-state index in [1.54, 1.807) is 18.2 Å². The Morgan fingerprint density at radius 1 is 0.969 bits per heavy atom. The summed E-state index contributed by atoms with van der Waals surface area (Å²) < 4.78 is 18.8. The first-order valence-electron chi connectivity index (χ1n) is 10.7. The molecule has 2 aromatic carbocycles. The van der Waals surface area contributed by atoms with Gasteiger partial charge in [-0.15, -0.1) is 0 Å². The molecule has 0 bridgehead atoms. The molecule has 32 heavy (non-hydrogen) atoms. The van der Waals surface area contributed by atoms with Gasteiger partial charge in [0.25, 0.3) is 5.91 Å². The number of piperazine rings is 1. The summed E-state index contributed by atoms with van der Waals surface area (Å²) in [7, 11) is 0. The topological polar surface area (TPSA) is 71.7 Å². The highest BCUT2D eigenvalue weighted by Gasteiger charge is 2.21. The van der Waals surface area contributed by atoms with Crippen molar-refractivity contribution in [1.29, 1.82) is 0 Å². The molecule has 1 aliphatic rings. The number of primary amides is 1. The smallest absolute Gasteiger partial charge is 0.267 e. The lowest BCUT2D eigenvalue weighted by Gasteiger charge is -2.38. The quantitative estimate of drug-likeness (QED) is 0.626. The van der Waals surface area contributed by atoms with Crippen molar-refractivity contribution in [1.82, 2.24) is 9.88 Å². The summed E-state index contributed by atoms with van der Waals surface area (Å²) >= 11 is 0. The van der Waals surface area contributed by atoms with E-state index in [2.05, 4.69) is 28.6 Å². The third kappa shape index (κ3) is 5.06. The summed E-state index contributed by atoms with van der Waals surface area (Å²) in [6, 6.07) is 17.5. The second kappa shape index (κ2) is 9.36. The summed E-state index contributed by atoms with van der Waals surface area (Å²) in [5, 5.41) is 0. The minimum atomic E-state index is -0.551. The lowest BCUT2D eigenvalue weighted by atomic mass is 10.1. The van der Waals surface area contributed by atoms with E-state index in [4.69, 9.17) is 10.5 Å². The molecule has 1 aliphatic heterocycles. The minimum Gasteiger partial charge on any atom is -0.457 e. The number of aromatic nitrogens is 1. The van der Waals surface area contributed by atoms with Crippen LogP contribution >= 0.6 is 0 Å². The molecule has 0 atom stereocenters. The molecule has 6 nitrogen and oxygen atoms in total. The van der Waals surface area contributed by atoms with Gasteiger partial charge in [0, 0.05) is 43.5 Å². The molecular formula is C25H27FN4O2. The molecule has 1 aromatic heterocycles. The van der Waals surface area contributed by atoms with Crippen molar-refractivity contribution < 1.29 is 13.9 Å². The Labute approximate surface area is 187 Å². The van der Waals surface area contributed by atoms with Crippen molar-refractivity contribution in [3.63, 3.8) is 0 Å². The normalized spacial score (nSPS) is 14.6. The Morgan fingerprint density at radius 3 is 2.12 bits per heavy atom. The van der Waals surface area contributed by atoms with Gasteiger partial charge < -0.3 is 15.4 Å². The van der Waals surface area contributed by atoms with Crippen molar-refractivity contribution in [3.05, 3.63) is 72.2 Å². The maximum absolute atomic E-state index is 13.1. The van der Waals surface area contributed by atoms with Crippen LogP contribution in [0.4, 0.5) is 10.1 Å². The number of amides is 1. The Balaban J connectivity index is 1.56. The van der Waals surface area contributed by atoms with Crippen LogP contribution in [0.3, 0.4) is 0 Å². The van der Waals surface area contributed by atoms with Crippen LogP contribution in [-0.2, 0) is 0 Å². The Hall–Kier alpha value is -3.45. The predicted molar refractivity (Wildman–Crippen MR) is 124 cm³/mol. The van der Waals surface area contributed by atoms with Gasteiger partial charge in [0.15, 0.2) is 0 Å². The molecule has 3 aromatic rings. The molecule has 0 unspecified atom stereocenters.